The van der Waals surface area contributed by atoms with E-state index in [2.05, 4.69) is 19.0 Å². The Kier molecular flexibility index (Phi) is 2.09. The standard InChI is InChI=1S/C11H19NO/c1-8-10(12-13)7-9-5-3-4-6-11(8,9)2/h8-9,13H,3-7H2,1-2H3/b12-10-/t8-,9+,11-/m1/s1. The second-order valence-electron chi connectivity index (χ2n) is 4.97. The molecule has 1 N–H and O–H groups in total. The van der Waals surface area contributed by atoms with Gasteiger partial charge in [0.25, 0.3) is 0 Å². The fraction of sp³-hybridized carbons (Fsp3) is 0.909. The summed E-state index contributed by atoms with van der Waals surface area (Å²) in [5.41, 5.74) is 1.47. The molecule has 2 fully saturated rings. The van der Waals surface area contributed by atoms with Crippen LogP contribution < -0.4 is 0 Å². The third kappa shape index (κ3) is 1.18. The van der Waals surface area contributed by atoms with Gasteiger partial charge in [-0.1, -0.05) is 31.8 Å². The third-order valence-electron chi connectivity index (χ3n) is 4.52. The van der Waals surface area contributed by atoms with Gasteiger partial charge in [0.15, 0.2) is 0 Å². The van der Waals surface area contributed by atoms with Gasteiger partial charge in [-0.15, -0.1) is 0 Å². The molecular weight excluding hydrogens is 162 g/mol. The summed E-state index contributed by atoms with van der Waals surface area (Å²) in [6.07, 6.45) is 6.41. The van der Waals surface area contributed by atoms with Crippen LogP contribution in [-0.2, 0) is 0 Å². The number of nitrogens with zero attached hydrogens (tertiary/aromatic N) is 1. The first-order valence-electron chi connectivity index (χ1n) is 5.39. The monoisotopic (exact) mass is 181 g/mol. The van der Waals surface area contributed by atoms with Gasteiger partial charge in [0.05, 0.1) is 5.71 Å². The van der Waals surface area contributed by atoms with Crippen LogP contribution in [0.15, 0.2) is 5.16 Å². The maximum absolute atomic E-state index is 8.89. The van der Waals surface area contributed by atoms with E-state index in [4.69, 9.17) is 5.21 Å². The van der Waals surface area contributed by atoms with E-state index < -0.39 is 0 Å². The lowest BCUT2D eigenvalue weighted by molar-refractivity contribution is 0.115. The van der Waals surface area contributed by atoms with Gasteiger partial charge in [-0.3, -0.25) is 0 Å². The lowest BCUT2D eigenvalue weighted by atomic mass is 9.66. The van der Waals surface area contributed by atoms with Gasteiger partial charge in [-0.25, -0.2) is 0 Å². The van der Waals surface area contributed by atoms with Crippen LogP contribution in [0.5, 0.6) is 0 Å². The lowest BCUT2D eigenvalue weighted by Crippen LogP contribution is -2.31. The number of hydrogen-bond acceptors (Lipinski definition) is 2. The minimum absolute atomic E-state index is 0.430. The largest absolute Gasteiger partial charge is 0.411 e. The van der Waals surface area contributed by atoms with Crippen molar-refractivity contribution >= 4 is 5.71 Å². The molecule has 2 saturated carbocycles. The SMILES string of the molecule is C[C@@H]1/C(=N\O)C[C@@H]2CCCC[C@@]21C. The first-order valence-corrected chi connectivity index (χ1v) is 5.39. The van der Waals surface area contributed by atoms with Crippen LogP contribution in [0.2, 0.25) is 0 Å². The molecule has 2 rings (SSSR count). The second kappa shape index (κ2) is 3.00. The zero-order valence-corrected chi connectivity index (χ0v) is 8.58. The fourth-order valence-electron chi connectivity index (χ4n) is 3.27. The maximum Gasteiger partial charge on any atom is 0.0607 e. The smallest absolute Gasteiger partial charge is 0.0607 e. The van der Waals surface area contributed by atoms with Crippen LogP contribution >= 0.6 is 0 Å². The van der Waals surface area contributed by atoms with Crippen LogP contribution in [0.1, 0.15) is 46.0 Å². The molecule has 3 atom stereocenters. The van der Waals surface area contributed by atoms with Crippen molar-refractivity contribution in [2.45, 2.75) is 46.0 Å². The number of hydrogen-bond donors (Lipinski definition) is 1. The molecule has 2 heteroatoms. The normalized spacial score (nSPS) is 48.0. The second-order valence-corrected chi connectivity index (χ2v) is 4.97. The Hall–Kier alpha value is -0.530. The van der Waals surface area contributed by atoms with E-state index in [0.717, 1.165) is 18.1 Å². The predicted molar refractivity (Wildman–Crippen MR) is 53.1 cm³/mol. The highest BCUT2D eigenvalue weighted by atomic mass is 16.4. The maximum atomic E-state index is 8.89. The molecule has 0 spiro atoms. The average Bonchev–Trinajstić information content (AvgIpc) is 2.40. The first-order chi connectivity index (χ1) is 6.18. The van der Waals surface area contributed by atoms with E-state index in [9.17, 15) is 0 Å². The Morgan fingerprint density at radius 2 is 2.23 bits per heavy atom. The highest BCUT2D eigenvalue weighted by Crippen LogP contribution is 2.53. The Bertz CT molecular complexity index is 236. The molecule has 2 aliphatic rings. The molecule has 74 valence electrons. The molecule has 0 saturated heterocycles. The van der Waals surface area contributed by atoms with Gasteiger partial charge in [0.1, 0.15) is 0 Å². The number of fused-ring (bicyclic) bond motifs is 1. The Labute approximate surface area is 80.0 Å². The first kappa shape index (κ1) is 9.04. The number of rotatable bonds is 0. The fourth-order valence-corrected chi connectivity index (χ4v) is 3.27. The molecule has 0 amide bonds. The van der Waals surface area contributed by atoms with Crippen molar-refractivity contribution in [3.63, 3.8) is 0 Å². The van der Waals surface area contributed by atoms with E-state index >= 15 is 0 Å². The summed E-state index contributed by atoms with van der Waals surface area (Å²) < 4.78 is 0. The van der Waals surface area contributed by atoms with Crippen molar-refractivity contribution in [2.24, 2.45) is 22.4 Å². The molecule has 0 aromatic rings. The molecule has 0 aromatic heterocycles. The Balaban J connectivity index is 2.26. The van der Waals surface area contributed by atoms with Crippen LogP contribution in [0.25, 0.3) is 0 Å². The van der Waals surface area contributed by atoms with Crippen LogP contribution in [0, 0.1) is 17.3 Å². The minimum atomic E-state index is 0.430. The lowest BCUT2D eigenvalue weighted by Gasteiger charge is -2.38. The van der Waals surface area contributed by atoms with Gasteiger partial charge in [0.2, 0.25) is 0 Å². The van der Waals surface area contributed by atoms with E-state index in [1.807, 2.05) is 0 Å². The highest BCUT2D eigenvalue weighted by molar-refractivity contribution is 5.89. The highest BCUT2D eigenvalue weighted by Gasteiger charge is 2.48. The number of oxime groups is 1. The van der Waals surface area contributed by atoms with Crippen molar-refractivity contribution in [1.82, 2.24) is 0 Å². The summed E-state index contributed by atoms with van der Waals surface area (Å²) >= 11 is 0. The molecular formula is C11H19NO. The zero-order valence-electron chi connectivity index (χ0n) is 8.58. The third-order valence-corrected chi connectivity index (χ3v) is 4.52. The summed E-state index contributed by atoms with van der Waals surface area (Å²) in [6.45, 7) is 4.60. The van der Waals surface area contributed by atoms with Gasteiger partial charge in [-0.05, 0) is 30.6 Å². The molecule has 0 heterocycles. The molecule has 13 heavy (non-hydrogen) atoms. The summed E-state index contributed by atoms with van der Waals surface area (Å²) in [4.78, 5) is 0. The topological polar surface area (TPSA) is 32.6 Å². The van der Waals surface area contributed by atoms with E-state index in [1.165, 1.54) is 25.7 Å². The van der Waals surface area contributed by atoms with Crippen molar-refractivity contribution in [3.05, 3.63) is 0 Å². The molecule has 0 radical (unpaired) electrons. The molecule has 2 nitrogen and oxygen atoms in total. The van der Waals surface area contributed by atoms with Gasteiger partial charge < -0.3 is 5.21 Å². The molecule has 0 unspecified atom stereocenters. The molecule has 0 aromatic carbocycles. The van der Waals surface area contributed by atoms with E-state index in [0.29, 0.717) is 11.3 Å². The van der Waals surface area contributed by atoms with E-state index in [1.54, 1.807) is 0 Å². The van der Waals surface area contributed by atoms with Gasteiger partial charge in [-0.2, -0.15) is 0 Å². The van der Waals surface area contributed by atoms with Crippen molar-refractivity contribution in [3.8, 4) is 0 Å². The predicted octanol–water partition coefficient (Wildman–Crippen LogP) is 3.05. The summed E-state index contributed by atoms with van der Waals surface area (Å²) in [5.74, 6) is 1.27. The summed E-state index contributed by atoms with van der Waals surface area (Å²) in [5, 5.41) is 12.3. The summed E-state index contributed by atoms with van der Waals surface area (Å²) in [7, 11) is 0. The van der Waals surface area contributed by atoms with Gasteiger partial charge in [0, 0.05) is 5.92 Å². The van der Waals surface area contributed by atoms with E-state index in [-0.39, 0.29) is 0 Å². The molecule has 0 aliphatic heterocycles. The molecule has 0 bridgehead atoms. The van der Waals surface area contributed by atoms with Gasteiger partial charge >= 0.3 is 0 Å². The van der Waals surface area contributed by atoms with Crippen molar-refractivity contribution < 1.29 is 5.21 Å². The zero-order chi connectivity index (χ0) is 9.47. The quantitative estimate of drug-likeness (QED) is 0.452. The van der Waals surface area contributed by atoms with Crippen LogP contribution in [0.3, 0.4) is 0 Å². The van der Waals surface area contributed by atoms with Crippen LogP contribution in [-0.4, -0.2) is 10.9 Å². The van der Waals surface area contributed by atoms with Crippen molar-refractivity contribution in [1.29, 1.82) is 0 Å². The minimum Gasteiger partial charge on any atom is -0.411 e. The average molecular weight is 181 g/mol. The van der Waals surface area contributed by atoms with Crippen LogP contribution in [0.4, 0.5) is 0 Å². The molecule has 2 aliphatic carbocycles. The Morgan fingerprint density at radius 1 is 1.46 bits per heavy atom. The van der Waals surface area contributed by atoms with Crippen molar-refractivity contribution in [2.75, 3.05) is 0 Å². The Morgan fingerprint density at radius 3 is 2.85 bits per heavy atom. The summed E-state index contributed by atoms with van der Waals surface area (Å²) in [6, 6.07) is 0.